The summed E-state index contributed by atoms with van der Waals surface area (Å²) in [6, 6.07) is 6.04. The van der Waals surface area contributed by atoms with Gasteiger partial charge in [0.25, 0.3) is 0 Å². The average molecular weight is 356 g/mol. The van der Waals surface area contributed by atoms with Gasteiger partial charge in [0.05, 0.1) is 6.04 Å². The fourth-order valence-electron chi connectivity index (χ4n) is 2.91. The summed E-state index contributed by atoms with van der Waals surface area (Å²) in [5.74, 6) is 0.168. The molecule has 0 spiro atoms. The smallest absolute Gasteiger partial charge is 0.237 e. The molecule has 0 radical (unpaired) electrons. The number of benzene rings is 1. The van der Waals surface area contributed by atoms with E-state index in [4.69, 9.17) is 23.2 Å². The Morgan fingerprint density at radius 2 is 1.96 bits per heavy atom. The van der Waals surface area contributed by atoms with E-state index in [1.165, 1.54) is 0 Å². The molecule has 4 nitrogen and oxygen atoms in total. The van der Waals surface area contributed by atoms with Crippen LogP contribution in [-0.4, -0.2) is 54.0 Å². The van der Waals surface area contributed by atoms with Crippen LogP contribution < -0.4 is 5.32 Å². The number of halogens is 2. The van der Waals surface area contributed by atoms with Gasteiger partial charge in [0, 0.05) is 48.8 Å². The Kier molecular flexibility index (Phi) is 5.47. The minimum atomic E-state index is -0.0446. The molecule has 1 unspecified atom stereocenters. The summed E-state index contributed by atoms with van der Waals surface area (Å²) < 4.78 is 0. The number of carbonyl (C=O) groups excluding carboxylic acids is 1. The van der Waals surface area contributed by atoms with Crippen LogP contribution in [0.3, 0.4) is 0 Å². The summed E-state index contributed by atoms with van der Waals surface area (Å²) in [4.78, 5) is 16.8. The van der Waals surface area contributed by atoms with Gasteiger partial charge < -0.3 is 5.32 Å². The standard InChI is InChI=1S/C17H23Cl2N3O/c1-12(17(23)20-15-4-5-15)22-8-6-21(7-9-22)11-13-2-3-14(18)10-16(13)19/h2-3,10,12,15H,4-9,11H2,1H3,(H,20,23). The highest BCUT2D eigenvalue weighted by molar-refractivity contribution is 6.35. The average Bonchev–Trinajstić information content (AvgIpc) is 3.34. The van der Waals surface area contributed by atoms with Crippen molar-refractivity contribution in [3.05, 3.63) is 33.8 Å². The highest BCUT2D eigenvalue weighted by atomic mass is 35.5. The second-order valence-corrected chi connectivity index (χ2v) is 7.35. The van der Waals surface area contributed by atoms with Crippen LogP contribution in [0.25, 0.3) is 0 Å². The van der Waals surface area contributed by atoms with Crippen molar-refractivity contribution in [1.29, 1.82) is 0 Å². The molecule has 1 aliphatic heterocycles. The molecular weight excluding hydrogens is 333 g/mol. The molecular formula is C17H23Cl2N3O. The molecule has 0 bridgehead atoms. The number of carbonyl (C=O) groups is 1. The fraction of sp³-hybridized carbons (Fsp3) is 0.588. The van der Waals surface area contributed by atoms with Gasteiger partial charge in [0.15, 0.2) is 0 Å². The molecule has 6 heteroatoms. The lowest BCUT2D eigenvalue weighted by Gasteiger charge is -2.37. The maximum atomic E-state index is 12.1. The second-order valence-electron chi connectivity index (χ2n) is 6.51. The monoisotopic (exact) mass is 355 g/mol. The molecule has 23 heavy (non-hydrogen) atoms. The topological polar surface area (TPSA) is 35.6 Å². The zero-order valence-electron chi connectivity index (χ0n) is 13.4. The first-order valence-electron chi connectivity index (χ1n) is 8.23. The number of hydrogen-bond donors (Lipinski definition) is 1. The number of amides is 1. The summed E-state index contributed by atoms with van der Waals surface area (Å²) in [6.45, 7) is 6.53. The van der Waals surface area contributed by atoms with E-state index in [1.54, 1.807) is 6.07 Å². The number of nitrogens with one attached hydrogen (secondary N) is 1. The molecule has 1 saturated carbocycles. The Hall–Kier alpha value is -0.810. The van der Waals surface area contributed by atoms with Crippen molar-refractivity contribution in [2.45, 2.75) is 38.4 Å². The van der Waals surface area contributed by atoms with Crippen LogP contribution in [0.15, 0.2) is 18.2 Å². The van der Waals surface area contributed by atoms with E-state index in [2.05, 4.69) is 15.1 Å². The predicted molar refractivity (Wildman–Crippen MR) is 93.9 cm³/mol. The van der Waals surface area contributed by atoms with Crippen LogP contribution >= 0.6 is 23.2 Å². The van der Waals surface area contributed by atoms with E-state index in [-0.39, 0.29) is 11.9 Å². The molecule has 2 aliphatic rings. The van der Waals surface area contributed by atoms with E-state index in [9.17, 15) is 4.79 Å². The highest BCUT2D eigenvalue weighted by Gasteiger charge is 2.30. The van der Waals surface area contributed by atoms with Crippen molar-refractivity contribution in [3.63, 3.8) is 0 Å². The van der Waals surface area contributed by atoms with Crippen LogP contribution in [0, 0.1) is 0 Å². The van der Waals surface area contributed by atoms with Crippen molar-refractivity contribution < 1.29 is 4.79 Å². The predicted octanol–water partition coefficient (Wildman–Crippen LogP) is 2.78. The van der Waals surface area contributed by atoms with Gasteiger partial charge >= 0.3 is 0 Å². The molecule has 1 N–H and O–H groups in total. The van der Waals surface area contributed by atoms with Crippen molar-refractivity contribution in [1.82, 2.24) is 15.1 Å². The third-order valence-corrected chi connectivity index (χ3v) is 5.25. The van der Waals surface area contributed by atoms with Crippen molar-refractivity contribution in [3.8, 4) is 0 Å². The van der Waals surface area contributed by atoms with Crippen molar-refractivity contribution in [2.75, 3.05) is 26.2 Å². The molecule has 3 rings (SSSR count). The molecule has 1 aromatic carbocycles. The van der Waals surface area contributed by atoms with E-state index in [0.29, 0.717) is 11.1 Å². The maximum absolute atomic E-state index is 12.1. The van der Waals surface area contributed by atoms with E-state index in [1.807, 2.05) is 19.1 Å². The summed E-state index contributed by atoms with van der Waals surface area (Å²) >= 11 is 12.2. The summed E-state index contributed by atoms with van der Waals surface area (Å²) in [5.41, 5.74) is 1.10. The second kappa shape index (κ2) is 7.39. The number of hydrogen-bond acceptors (Lipinski definition) is 3. The van der Waals surface area contributed by atoms with Gasteiger partial charge in [-0.15, -0.1) is 0 Å². The fourth-order valence-corrected chi connectivity index (χ4v) is 3.38. The summed E-state index contributed by atoms with van der Waals surface area (Å²) in [6.07, 6.45) is 2.27. The summed E-state index contributed by atoms with van der Waals surface area (Å²) in [7, 11) is 0. The maximum Gasteiger partial charge on any atom is 0.237 e. The molecule has 1 aromatic rings. The van der Waals surface area contributed by atoms with Crippen LogP contribution in [0.5, 0.6) is 0 Å². The molecule has 1 atom stereocenters. The first-order chi connectivity index (χ1) is 11.0. The number of piperazine rings is 1. The van der Waals surface area contributed by atoms with Gasteiger partial charge in [-0.1, -0.05) is 29.3 Å². The van der Waals surface area contributed by atoms with Crippen LogP contribution in [-0.2, 0) is 11.3 Å². The Labute approximate surface area is 147 Å². The highest BCUT2D eigenvalue weighted by Crippen LogP contribution is 2.23. The van der Waals surface area contributed by atoms with Gasteiger partial charge in [-0.3, -0.25) is 14.6 Å². The first kappa shape index (κ1) is 17.0. The first-order valence-corrected chi connectivity index (χ1v) is 8.99. The molecule has 1 amide bonds. The molecule has 1 heterocycles. The van der Waals surface area contributed by atoms with E-state index >= 15 is 0 Å². The largest absolute Gasteiger partial charge is 0.352 e. The minimum absolute atomic E-state index is 0.0446. The van der Waals surface area contributed by atoms with Crippen LogP contribution in [0.1, 0.15) is 25.3 Å². The summed E-state index contributed by atoms with van der Waals surface area (Å²) in [5, 5.41) is 4.48. The van der Waals surface area contributed by atoms with E-state index < -0.39 is 0 Å². The minimum Gasteiger partial charge on any atom is -0.352 e. The number of rotatable bonds is 5. The van der Waals surface area contributed by atoms with Gasteiger partial charge in [-0.2, -0.15) is 0 Å². The molecule has 2 fully saturated rings. The molecule has 1 saturated heterocycles. The lowest BCUT2D eigenvalue weighted by atomic mass is 10.1. The van der Waals surface area contributed by atoms with Gasteiger partial charge in [-0.05, 0) is 37.5 Å². The quantitative estimate of drug-likeness (QED) is 0.881. The Morgan fingerprint density at radius 3 is 2.57 bits per heavy atom. The Bertz CT molecular complexity index is 569. The normalized spacial score (nSPS) is 21.2. The number of nitrogens with zero attached hydrogens (tertiary/aromatic N) is 2. The SMILES string of the molecule is CC(C(=O)NC1CC1)N1CCN(Cc2ccc(Cl)cc2Cl)CC1. The van der Waals surface area contributed by atoms with Crippen molar-refractivity contribution >= 4 is 29.1 Å². The zero-order chi connectivity index (χ0) is 16.4. The Morgan fingerprint density at radius 1 is 1.26 bits per heavy atom. The third kappa shape index (κ3) is 4.60. The Balaban J connectivity index is 1.48. The molecule has 126 valence electrons. The zero-order valence-corrected chi connectivity index (χ0v) is 14.9. The van der Waals surface area contributed by atoms with Crippen molar-refractivity contribution in [2.24, 2.45) is 0 Å². The van der Waals surface area contributed by atoms with Crippen LogP contribution in [0.2, 0.25) is 10.0 Å². The van der Waals surface area contributed by atoms with Crippen LogP contribution in [0.4, 0.5) is 0 Å². The molecule has 0 aromatic heterocycles. The van der Waals surface area contributed by atoms with Gasteiger partial charge in [0.1, 0.15) is 0 Å². The van der Waals surface area contributed by atoms with Gasteiger partial charge in [0.2, 0.25) is 5.91 Å². The molecule has 1 aliphatic carbocycles. The van der Waals surface area contributed by atoms with Gasteiger partial charge in [-0.25, -0.2) is 0 Å². The lowest BCUT2D eigenvalue weighted by molar-refractivity contribution is -0.126. The lowest BCUT2D eigenvalue weighted by Crippen LogP contribution is -2.53. The van der Waals surface area contributed by atoms with E-state index in [0.717, 1.165) is 56.2 Å². The third-order valence-electron chi connectivity index (χ3n) is 4.67.